The zero-order valence-electron chi connectivity index (χ0n) is 11.5. The smallest absolute Gasteiger partial charge is 0.165 e. The number of fused-ring (bicyclic) bond motifs is 1. The quantitative estimate of drug-likeness (QED) is 0.897. The molecule has 3 rings (SSSR count). The van der Waals surface area contributed by atoms with E-state index >= 15 is 0 Å². The second kappa shape index (κ2) is 5.53. The standard InChI is InChI=1S/C17H18FNO/c1-20-17-11-13(9-10-15(17)18)19-16-8-4-6-12-5-2-3-7-14(12)16/h2-3,5,7,9-11,16,19H,4,6,8H2,1H3. The summed E-state index contributed by atoms with van der Waals surface area (Å²) >= 11 is 0. The van der Waals surface area contributed by atoms with Gasteiger partial charge in [-0.05, 0) is 42.5 Å². The lowest BCUT2D eigenvalue weighted by Crippen LogP contribution is -2.17. The molecule has 0 saturated carbocycles. The first kappa shape index (κ1) is 13.0. The molecule has 104 valence electrons. The number of methoxy groups -OCH3 is 1. The van der Waals surface area contributed by atoms with E-state index in [1.165, 1.54) is 30.7 Å². The molecule has 0 saturated heterocycles. The summed E-state index contributed by atoms with van der Waals surface area (Å²) in [5, 5.41) is 3.49. The Hall–Kier alpha value is -2.03. The molecule has 1 aliphatic rings. The summed E-state index contributed by atoms with van der Waals surface area (Å²) in [6.07, 6.45) is 3.41. The Bertz CT molecular complexity index is 612. The van der Waals surface area contributed by atoms with Crippen LogP contribution in [-0.2, 0) is 6.42 Å². The summed E-state index contributed by atoms with van der Waals surface area (Å²) < 4.78 is 18.5. The van der Waals surface area contributed by atoms with Crippen molar-refractivity contribution in [2.75, 3.05) is 12.4 Å². The molecule has 1 N–H and O–H groups in total. The molecule has 0 aliphatic heterocycles. The van der Waals surface area contributed by atoms with Crippen molar-refractivity contribution in [3.63, 3.8) is 0 Å². The van der Waals surface area contributed by atoms with Gasteiger partial charge in [-0.3, -0.25) is 0 Å². The van der Waals surface area contributed by atoms with Crippen LogP contribution in [0, 0.1) is 5.82 Å². The second-order valence-corrected chi connectivity index (χ2v) is 5.14. The molecule has 0 aromatic heterocycles. The summed E-state index contributed by atoms with van der Waals surface area (Å²) in [7, 11) is 1.48. The average molecular weight is 271 g/mol. The lowest BCUT2D eigenvalue weighted by atomic mass is 9.87. The van der Waals surface area contributed by atoms with Crippen LogP contribution in [0.1, 0.15) is 30.0 Å². The predicted molar refractivity (Wildman–Crippen MR) is 78.7 cm³/mol. The number of aryl methyl sites for hydroxylation is 1. The molecule has 3 heteroatoms. The summed E-state index contributed by atoms with van der Waals surface area (Å²) in [5.41, 5.74) is 3.65. The fourth-order valence-electron chi connectivity index (χ4n) is 2.85. The third kappa shape index (κ3) is 2.48. The third-order valence-corrected chi connectivity index (χ3v) is 3.86. The highest BCUT2D eigenvalue weighted by Gasteiger charge is 2.19. The molecule has 0 fully saturated rings. The van der Waals surface area contributed by atoms with Crippen LogP contribution in [0.5, 0.6) is 5.75 Å². The minimum absolute atomic E-state index is 0.277. The van der Waals surface area contributed by atoms with Gasteiger partial charge in [0.15, 0.2) is 11.6 Å². The summed E-state index contributed by atoms with van der Waals surface area (Å²) in [4.78, 5) is 0. The van der Waals surface area contributed by atoms with Crippen LogP contribution in [0.2, 0.25) is 0 Å². The van der Waals surface area contributed by atoms with Crippen molar-refractivity contribution in [3.8, 4) is 5.75 Å². The minimum atomic E-state index is -0.331. The lowest BCUT2D eigenvalue weighted by Gasteiger charge is -2.27. The molecule has 2 nitrogen and oxygen atoms in total. The highest BCUT2D eigenvalue weighted by Crippen LogP contribution is 2.33. The van der Waals surface area contributed by atoms with Crippen LogP contribution in [-0.4, -0.2) is 7.11 Å². The maximum Gasteiger partial charge on any atom is 0.165 e. The Kier molecular flexibility index (Phi) is 3.59. The van der Waals surface area contributed by atoms with Gasteiger partial charge >= 0.3 is 0 Å². The first-order valence-corrected chi connectivity index (χ1v) is 6.96. The average Bonchev–Trinajstić information content (AvgIpc) is 2.49. The van der Waals surface area contributed by atoms with Crippen LogP contribution in [0.4, 0.5) is 10.1 Å². The fraction of sp³-hybridized carbons (Fsp3) is 0.294. The van der Waals surface area contributed by atoms with E-state index in [4.69, 9.17) is 4.74 Å². The van der Waals surface area contributed by atoms with E-state index in [1.807, 2.05) is 0 Å². The zero-order valence-corrected chi connectivity index (χ0v) is 11.5. The normalized spacial score (nSPS) is 17.4. The monoisotopic (exact) mass is 271 g/mol. The van der Waals surface area contributed by atoms with Gasteiger partial charge in [0, 0.05) is 11.8 Å². The van der Waals surface area contributed by atoms with E-state index in [0.29, 0.717) is 0 Å². The van der Waals surface area contributed by atoms with Crippen molar-refractivity contribution < 1.29 is 9.13 Å². The SMILES string of the molecule is COc1cc(NC2CCCc3ccccc32)ccc1F. The highest BCUT2D eigenvalue weighted by atomic mass is 19.1. The van der Waals surface area contributed by atoms with Gasteiger partial charge < -0.3 is 10.1 Å². The second-order valence-electron chi connectivity index (χ2n) is 5.14. The largest absolute Gasteiger partial charge is 0.494 e. The maximum atomic E-state index is 13.4. The number of nitrogens with one attached hydrogen (secondary N) is 1. The van der Waals surface area contributed by atoms with E-state index < -0.39 is 0 Å². The Balaban J connectivity index is 1.85. The Morgan fingerprint density at radius 3 is 2.90 bits per heavy atom. The molecule has 0 spiro atoms. The van der Waals surface area contributed by atoms with E-state index in [2.05, 4.69) is 29.6 Å². The van der Waals surface area contributed by atoms with Gasteiger partial charge in [0.25, 0.3) is 0 Å². The summed E-state index contributed by atoms with van der Waals surface area (Å²) in [5.74, 6) is -0.0545. The van der Waals surface area contributed by atoms with E-state index in [-0.39, 0.29) is 17.6 Å². The van der Waals surface area contributed by atoms with Crippen LogP contribution in [0.15, 0.2) is 42.5 Å². The topological polar surface area (TPSA) is 21.3 Å². The molecule has 1 atom stereocenters. The molecule has 0 amide bonds. The van der Waals surface area contributed by atoms with Crippen molar-refractivity contribution in [1.82, 2.24) is 0 Å². The van der Waals surface area contributed by atoms with Crippen molar-refractivity contribution >= 4 is 5.69 Å². The first-order chi connectivity index (χ1) is 9.78. The van der Waals surface area contributed by atoms with Crippen LogP contribution < -0.4 is 10.1 Å². The highest BCUT2D eigenvalue weighted by molar-refractivity contribution is 5.51. The van der Waals surface area contributed by atoms with Crippen molar-refractivity contribution in [2.24, 2.45) is 0 Å². The molecule has 20 heavy (non-hydrogen) atoms. The molecule has 0 bridgehead atoms. The molecule has 2 aromatic rings. The first-order valence-electron chi connectivity index (χ1n) is 6.96. The molecule has 0 radical (unpaired) electrons. The van der Waals surface area contributed by atoms with Crippen LogP contribution >= 0.6 is 0 Å². The zero-order chi connectivity index (χ0) is 13.9. The summed E-state index contributed by atoms with van der Waals surface area (Å²) in [6, 6.07) is 13.7. The molecule has 1 unspecified atom stereocenters. The Morgan fingerprint density at radius 1 is 1.20 bits per heavy atom. The van der Waals surface area contributed by atoms with Gasteiger partial charge in [-0.25, -0.2) is 4.39 Å². The number of hydrogen-bond acceptors (Lipinski definition) is 2. The van der Waals surface area contributed by atoms with Gasteiger partial charge in [0.05, 0.1) is 13.2 Å². The lowest BCUT2D eigenvalue weighted by molar-refractivity contribution is 0.386. The molecule has 0 heterocycles. The number of hydrogen-bond donors (Lipinski definition) is 1. The van der Waals surface area contributed by atoms with Gasteiger partial charge in [-0.2, -0.15) is 0 Å². The van der Waals surface area contributed by atoms with Crippen LogP contribution in [0.25, 0.3) is 0 Å². The number of ether oxygens (including phenoxy) is 1. The van der Waals surface area contributed by atoms with Gasteiger partial charge in [0.1, 0.15) is 0 Å². The van der Waals surface area contributed by atoms with Crippen molar-refractivity contribution in [2.45, 2.75) is 25.3 Å². The molecular weight excluding hydrogens is 253 g/mol. The third-order valence-electron chi connectivity index (χ3n) is 3.86. The van der Waals surface area contributed by atoms with Crippen molar-refractivity contribution in [1.29, 1.82) is 0 Å². The van der Waals surface area contributed by atoms with Crippen molar-refractivity contribution in [3.05, 3.63) is 59.4 Å². The number of rotatable bonds is 3. The predicted octanol–water partition coefficient (Wildman–Crippen LogP) is 4.32. The van der Waals surface area contributed by atoms with Gasteiger partial charge in [-0.15, -0.1) is 0 Å². The number of halogens is 1. The van der Waals surface area contributed by atoms with Crippen LogP contribution in [0.3, 0.4) is 0 Å². The number of benzene rings is 2. The van der Waals surface area contributed by atoms with E-state index in [0.717, 1.165) is 18.5 Å². The van der Waals surface area contributed by atoms with E-state index in [9.17, 15) is 4.39 Å². The molecule has 1 aliphatic carbocycles. The Labute approximate surface area is 118 Å². The van der Waals surface area contributed by atoms with Gasteiger partial charge in [0.2, 0.25) is 0 Å². The van der Waals surface area contributed by atoms with E-state index in [1.54, 1.807) is 12.1 Å². The fourth-order valence-corrected chi connectivity index (χ4v) is 2.85. The number of anilines is 1. The summed E-state index contributed by atoms with van der Waals surface area (Å²) in [6.45, 7) is 0. The van der Waals surface area contributed by atoms with Gasteiger partial charge in [-0.1, -0.05) is 24.3 Å². The minimum Gasteiger partial charge on any atom is -0.494 e. The molecular formula is C17H18FNO. The maximum absolute atomic E-state index is 13.4. The Morgan fingerprint density at radius 2 is 2.05 bits per heavy atom. The molecule has 2 aromatic carbocycles.